The largest absolute Gasteiger partial charge is 0.458 e. The summed E-state index contributed by atoms with van der Waals surface area (Å²) in [5, 5.41) is 26.1. The second-order valence-corrected chi connectivity index (χ2v) is 13.1. The fraction of sp³-hybridized carbons (Fsp3) is 0.576. The molecule has 0 saturated heterocycles. The Labute approximate surface area is 250 Å². The fourth-order valence-electron chi connectivity index (χ4n) is 8.75. The van der Waals surface area contributed by atoms with E-state index in [-0.39, 0.29) is 68.5 Å². The number of carbonyl (C=O) groups is 4. The van der Waals surface area contributed by atoms with Gasteiger partial charge in [0.2, 0.25) is 18.5 Å². The summed E-state index contributed by atoms with van der Waals surface area (Å²) in [6.45, 7) is 3.70. The quantitative estimate of drug-likeness (QED) is 0.387. The van der Waals surface area contributed by atoms with E-state index < -0.39 is 40.9 Å². The molecule has 0 aromatic heterocycles. The molecule has 230 valence electrons. The van der Waals surface area contributed by atoms with Crippen molar-refractivity contribution < 1.29 is 43.6 Å². The van der Waals surface area contributed by atoms with Crippen molar-refractivity contribution in [2.24, 2.45) is 28.6 Å². The molecule has 3 saturated carbocycles. The normalized spacial score (nSPS) is 35.3. The molecule has 7 atom stereocenters. The van der Waals surface area contributed by atoms with E-state index >= 15 is 0 Å². The second-order valence-electron chi connectivity index (χ2n) is 13.1. The van der Waals surface area contributed by atoms with E-state index in [1.165, 1.54) is 0 Å². The maximum Gasteiger partial charge on any atom is 0.306 e. The molecular formula is C33H39NO9. The molecule has 4 aliphatic carbocycles. The SMILES string of the molecule is C[C@]12C=CC(=O)C=C1CC[C@@H]1[C@@H]2[C@H](O)C[C@@]2(C)[C@H]1CC[C@]2(O)C(=O)COC(=O)CCC(=O)NCc1cccc2c1OCO2. The van der Waals surface area contributed by atoms with Crippen molar-refractivity contribution in [2.45, 2.75) is 77.0 Å². The Morgan fingerprint density at radius 2 is 1.95 bits per heavy atom. The first-order valence-electron chi connectivity index (χ1n) is 15.1. The van der Waals surface area contributed by atoms with Crippen molar-refractivity contribution in [3.63, 3.8) is 0 Å². The van der Waals surface area contributed by atoms with E-state index in [0.29, 0.717) is 17.9 Å². The van der Waals surface area contributed by atoms with Crippen molar-refractivity contribution in [1.82, 2.24) is 5.32 Å². The van der Waals surface area contributed by atoms with Crippen LogP contribution in [0, 0.1) is 28.6 Å². The number of carbonyl (C=O) groups excluding carboxylic acids is 4. The fourth-order valence-corrected chi connectivity index (χ4v) is 8.75. The molecule has 1 amide bonds. The van der Waals surface area contributed by atoms with Crippen molar-refractivity contribution in [3.8, 4) is 11.5 Å². The third kappa shape index (κ3) is 4.88. The van der Waals surface area contributed by atoms with Gasteiger partial charge in [0.25, 0.3) is 0 Å². The van der Waals surface area contributed by atoms with Gasteiger partial charge in [-0.15, -0.1) is 0 Å². The molecule has 0 unspecified atom stereocenters. The van der Waals surface area contributed by atoms with Gasteiger partial charge in [0, 0.05) is 35.3 Å². The lowest BCUT2D eigenvalue weighted by atomic mass is 9.46. The van der Waals surface area contributed by atoms with Gasteiger partial charge in [-0.3, -0.25) is 19.2 Å². The highest BCUT2D eigenvalue weighted by molar-refractivity contribution is 6.01. The second kappa shape index (κ2) is 10.9. The maximum atomic E-state index is 13.4. The minimum absolute atomic E-state index is 0.00135. The average Bonchev–Trinajstić information content (AvgIpc) is 3.56. The lowest BCUT2D eigenvalue weighted by Crippen LogP contribution is -2.61. The number of fused-ring (bicyclic) bond motifs is 6. The number of benzene rings is 1. The summed E-state index contributed by atoms with van der Waals surface area (Å²) < 4.78 is 16.0. The molecule has 0 bridgehead atoms. The van der Waals surface area contributed by atoms with Gasteiger partial charge in [-0.2, -0.15) is 0 Å². The molecule has 1 aliphatic heterocycles. The number of para-hydroxylation sites is 1. The Balaban J connectivity index is 1.03. The Morgan fingerprint density at radius 1 is 1.14 bits per heavy atom. The minimum atomic E-state index is -1.74. The monoisotopic (exact) mass is 593 g/mol. The van der Waals surface area contributed by atoms with Crippen LogP contribution in [-0.4, -0.2) is 58.8 Å². The van der Waals surface area contributed by atoms with E-state index in [2.05, 4.69) is 12.2 Å². The van der Waals surface area contributed by atoms with E-state index in [4.69, 9.17) is 14.2 Å². The highest BCUT2D eigenvalue weighted by Crippen LogP contribution is 2.67. The van der Waals surface area contributed by atoms with E-state index in [1.807, 2.05) is 19.1 Å². The molecule has 0 radical (unpaired) electrons. The lowest BCUT2D eigenvalue weighted by Gasteiger charge is -2.59. The number of aliphatic hydroxyl groups is 2. The van der Waals surface area contributed by atoms with E-state index in [9.17, 15) is 29.4 Å². The van der Waals surface area contributed by atoms with Gasteiger partial charge >= 0.3 is 5.97 Å². The third-order valence-corrected chi connectivity index (χ3v) is 11.0. The number of hydrogen-bond acceptors (Lipinski definition) is 9. The zero-order chi connectivity index (χ0) is 30.6. The van der Waals surface area contributed by atoms with Crippen LogP contribution in [0.2, 0.25) is 0 Å². The molecule has 3 N–H and O–H groups in total. The Morgan fingerprint density at radius 3 is 2.77 bits per heavy atom. The smallest absolute Gasteiger partial charge is 0.306 e. The Bertz CT molecular complexity index is 1420. The summed E-state index contributed by atoms with van der Waals surface area (Å²) in [5.41, 5.74) is -1.25. The number of ketones is 2. The molecule has 10 heteroatoms. The highest BCUT2D eigenvalue weighted by atomic mass is 16.7. The molecule has 6 rings (SSSR count). The number of nitrogens with one attached hydrogen (secondary N) is 1. The number of allylic oxidation sites excluding steroid dienone is 4. The molecule has 1 aromatic carbocycles. The zero-order valence-corrected chi connectivity index (χ0v) is 24.6. The van der Waals surface area contributed by atoms with Crippen LogP contribution >= 0.6 is 0 Å². The average molecular weight is 594 g/mol. The van der Waals surface area contributed by atoms with Crippen LogP contribution < -0.4 is 14.8 Å². The molecule has 3 fully saturated rings. The molecule has 43 heavy (non-hydrogen) atoms. The number of hydrogen-bond donors (Lipinski definition) is 3. The number of ether oxygens (including phenoxy) is 3. The topological polar surface area (TPSA) is 148 Å². The first-order valence-corrected chi connectivity index (χ1v) is 15.1. The number of aliphatic hydroxyl groups excluding tert-OH is 1. The molecule has 1 heterocycles. The highest BCUT2D eigenvalue weighted by Gasteiger charge is 2.68. The summed E-state index contributed by atoms with van der Waals surface area (Å²) in [7, 11) is 0. The number of Topliss-reactive ketones (excluding diaryl/α,β-unsaturated/α-hetero) is 1. The van der Waals surface area contributed by atoms with Crippen molar-refractivity contribution in [1.29, 1.82) is 0 Å². The van der Waals surface area contributed by atoms with Crippen LogP contribution in [0.5, 0.6) is 11.5 Å². The van der Waals surface area contributed by atoms with Crippen LogP contribution in [0.3, 0.4) is 0 Å². The third-order valence-electron chi connectivity index (χ3n) is 11.0. The van der Waals surface area contributed by atoms with Gasteiger partial charge in [0.05, 0.1) is 12.5 Å². The first kappa shape index (κ1) is 29.6. The number of amides is 1. The van der Waals surface area contributed by atoms with Crippen molar-refractivity contribution in [2.75, 3.05) is 13.4 Å². The van der Waals surface area contributed by atoms with Gasteiger partial charge < -0.3 is 29.7 Å². The Hall–Kier alpha value is -3.50. The van der Waals surface area contributed by atoms with Gasteiger partial charge in [0.15, 0.2) is 23.9 Å². The summed E-state index contributed by atoms with van der Waals surface area (Å²) in [6.07, 6.45) is 6.71. The van der Waals surface area contributed by atoms with Crippen LogP contribution in [0.15, 0.2) is 42.0 Å². The molecule has 5 aliphatic rings. The summed E-state index contributed by atoms with van der Waals surface area (Å²) in [4.78, 5) is 50.3. The predicted octanol–water partition coefficient (Wildman–Crippen LogP) is 2.93. The molecular weight excluding hydrogens is 554 g/mol. The summed E-state index contributed by atoms with van der Waals surface area (Å²) >= 11 is 0. The van der Waals surface area contributed by atoms with E-state index in [0.717, 1.165) is 24.0 Å². The molecule has 10 nitrogen and oxygen atoms in total. The first-order chi connectivity index (χ1) is 20.5. The van der Waals surface area contributed by atoms with Crippen LogP contribution in [0.4, 0.5) is 0 Å². The van der Waals surface area contributed by atoms with Gasteiger partial charge in [0.1, 0.15) is 5.60 Å². The van der Waals surface area contributed by atoms with Crippen LogP contribution in [-0.2, 0) is 30.5 Å². The van der Waals surface area contributed by atoms with Crippen molar-refractivity contribution in [3.05, 3.63) is 47.6 Å². The summed E-state index contributed by atoms with van der Waals surface area (Å²) in [5.74, 6) is -0.495. The minimum Gasteiger partial charge on any atom is -0.458 e. The summed E-state index contributed by atoms with van der Waals surface area (Å²) in [6, 6.07) is 5.40. The Kier molecular flexibility index (Phi) is 7.49. The van der Waals surface area contributed by atoms with E-state index in [1.54, 1.807) is 24.3 Å². The van der Waals surface area contributed by atoms with Crippen LogP contribution in [0.1, 0.15) is 64.4 Å². The zero-order valence-electron chi connectivity index (χ0n) is 24.6. The standard InChI is InChI=1S/C33H39NO9/c1-31-12-10-21(35)14-20(31)6-7-22-23-11-13-33(40,32(23,2)15-24(36)29(22)31)26(37)17-41-28(39)9-8-27(38)34-16-19-4-3-5-25-30(19)43-18-42-25/h3-5,10,12,14,22-24,29,36,40H,6-9,11,13,15-18H2,1-2H3,(H,34,38)/t22-,23-,24+,29+,31-,32-,33-/m0/s1. The predicted molar refractivity (Wildman–Crippen MR) is 153 cm³/mol. The number of rotatable bonds is 8. The lowest BCUT2D eigenvalue weighted by molar-refractivity contribution is -0.181. The molecule has 0 spiro atoms. The van der Waals surface area contributed by atoms with Crippen molar-refractivity contribution >= 4 is 23.4 Å². The van der Waals surface area contributed by atoms with Crippen LogP contribution in [0.25, 0.3) is 0 Å². The molecule has 1 aromatic rings. The van der Waals surface area contributed by atoms with Gasteiger partial charge in [-0.05, 0) is 62.2 Å². The van der Waals surface area contributed by atoms with Gasteiger partial charge in [-0.1, -0.05) is 37.6 Å². The maximum absolute atomic E-state index is 13.4. The van der Waals surface area contributed by atoms with Gasteiger partial charge in [-0.25, -0.2) is 0 Å². The number of esters is 1.